The first-order chi connectivity index (χ1) is 15.2. The Labute approximate surface area is 181 Å². The second-order valence-electron chi connectivity index (χ2n) is 8.02. The molecule has 1 fully saturated rings. The van der Waals surface area contributed by atoms with Crippen molar-refractivity contribution in [3.05, 3.63) is 107 Å². The van der Waals surface area contributed by atoms with E-state index in [0.29, 0.717) is 12.1 Å². The molecule has 4 heteroatoms. The SMILES string of the molecule is O=C(NCc1cccc2cc(CN3CC3)ccc12)c1ccc(-c2ccc(F)cc2)cc1. The number of hydrogen-bond acceptors (Lipinski definition) is 2. The predicted octanol–water partition coefficient (Wildman–Crippen LogP) is 5.39. The molecule has 0 aliphatic carbocycles. The van der Waals surface area contributed by atoms with Gasteiger partial charge in [-0.15, -0.1) is 0 Å². The summed E-state index contributed by atoms with van der Waals surface area (Å²) in [7, 11) is 0. The van der Waals surface area contributed by atoms with Gasteiger partial charge in [0.2, 0.25) is 0 Å². The van der Waals surface area contributed by atoms with Gasteiger partial charge in [-0.1, -0.05) is 54.6 Å². The smallest absolute Gasteiger partial charge is 0.251 e. The monoisotopic (exact) mass is 410 g/mol. The van der Waals surface area contributed by atoms with Crippen LogP contribution in [0.5, 0.6) is 0 Å². The van der Waals surface area contributed by atoms with Crippen molar-refractivity contribution in [2.75, 3.05) is 13.1 Å². The fourth-order valence-electron chi connectivity index (χ4n) is 3.87. The van der Waals surface area contributed by atoms with Crippen LogP contribution in [0.15, 0.2) is 84.9 Å². The number of amides is 1. The van der Waals surface area contributed by atoms with Crippen LogP contribution in [0, 0.1) is 5.82 Å². The molecule has 5 rings (SSSR count). The van der Waals surface area contributed by atoms with E-state index in [4.69, 9.17) is 0 Å². The Balaban J connectivity index is 1.27. The minimum Gasteiger partial charge on any atom is -0.348 e. The molecule has 1 N–H and O–H groups in total. The van der Waals surface area contributed by atoms with Gasteiger partial charge in [0.1, 0.15) is 5.82 Å². The third-order valence-corrected chi connectivity index (χ3v) is 5.75. The van der Waals surface area contributed by atoms with Gasteiger partial charge in [0.15, 0.2) is 0 Å². The van der Waals surface area contributed by atoms with Crippen LogP contribution in [0.1, 0.15) is 21.5 Å². The average Bonchev–Trinajstić information content (AvgIpc) is 3.62. The van der Waals surface area contributed by atoms with Crippen molar-refractivity contribution in [3.8, 4) is 11.1 Å². The molecule has 1 aliphatic heterocycles. The van der Waals surface area contributed by atoms with Gasteiger partial charge in [0.05, 0.1) is 0 Å². The summed E-state index contributed by atoms with van der Waals surface area (Å²) in [6.07, 6.45) is 0. The van der Waals surface area contributed by atoms with E-state index in [1.54, 1.807) is 24.3 Å². The van der Waals surface area contributed by atoms with Crippen molar-refractivity contribution in [1.82, 2.24) is 10.2 Å². The normalized spacial score (nSPS) is 13.3. The van der Waals surface area contributed by atoms with Gasteiger partial charge in [-0.05, 0) is 63.4 Å². The van der Waals surface area contributed by atoms with Crippen LogP contribution in [0.25, 0.3) is 21.9 Å². The summed E-state index contributed by atoms with van der Waals surface area (Å²) in [5.74, 6) is -0.370. The Hall–Kier alpha value is -3.50. The molecule has 4 aromatic carbocycles. The van der Waals surface area contributed by atoms with Crippen LogP contribution in [-0.2, 0) is 13.1 Å². The van der Waals surface area contributed by atoms with E-state index < -0.39 is 0 Å². The molecule has 1 amide bonds. The predicted molar refractivity (Wildman–Crippen MR) is 122 cm³/mol. The summed E-state index contributed by atoms with van der Waals surface area (Å²) in [5, 5.41) is 5.41. The molecule has 0 unspecified atom stereocenters. The molecule has 4 aromatic rings. The highest BCUT2D eigenvalue weighted by atomic mass is 19.1. The summed E-state index contributed by atoms with van der Waals surface area (Å²) in [4.78, 5) is 15.1. The van der Waals surface area contributed by atoms with Crippen LogP contribution in [0.2, 0.25) is 0 Å². The number of hydrogen-bond donors (Lipinski definition) is 1. The second kappa shape index (κ2) is 8.32. The van der Waals surface area contributed by atoms with Gasteiger partial charge in [-0.3, -0.25) is 9.69 Å². The minimum atomic E-state index is -0.259. The van der Waals surface area contributed by atoms with Gasteiger partial charge in [-0.2, -0.15) is 0 Å². The molecule has 0 aromatic heterocycles. The number of benzene rings is 4. The number of halogens is 1. The standard InChI is InChI=1S/C27H23FN2O/c28-25-11-9-21(10-12-25)20-5-7-22(8-6-20)27(31)29-17-24-3-1-2-23-16-19(4-13-26(23)24)18-30-14-15-30/h1-13,16H,14-15,17-18H2,(H,29,31). The van der Waals surface area contributed by atoms with Crippen LogP contribution < -0.4 is 5.32 Å². The van der Waals surface area contributed by atoms with Crippen LogP contribution in [-0.4, -0.2) is 23.9 Å². The van der Waals surface area contributed by atoms with Gasteiger partial charge in [-0.25, -0.2) is 4.39 Å². The molecule has 0 atom stereocenters. The first-order valence-electron chi connectivity index (χ1n) is 10.5. The maximum atomic E-state index is 13.1. The molecule has 1 aliphatic rings. The van der Waals surface area contributed by atoms with Crippen molar-refractivity contribution < 1.29 is 9.18 Å². The molecule has 3 nitrogen and oxygen atoms in total. The zero-order chi connectivity index (χ0) is 21.2. The van der Waals surface area contributed by atoms with Gasteiger partial charge in [0.25, 0.3) is 5.91 Å². The van der Waals surface area contributed by atoms with Gasteiger partial charge >= 0.3 is 0 Å². The van der Waals surface area contributed by atoms with Gasteiger partial charge in [0, 0.05) is 31.7 Å². The molecule has 1 saturated heterocycles. The summed E-state index contributed by atoms with van der Waals surface area (Å²) < 4.78 is 13.1. The Morgan fingerprint density at radius 2 is 1.58 bits per heavy atom. The van der Waals surface area contributed by atoms with Gasteiger partial charge < -0.3 is 5.32 Å². The maximum absolute atomic E-state index is 13.1. The minimum absolute atomic E-state index is 0.110. The second-order valence-corrected chi connectivity index (χ2v) is 8.02. The third-order valence-electron chi connectivity index (χ3n) is 5.75. The van der Waals surface area contributed by atoms with Crippen molar-refractivity contribution in [1.29, 1.82) is 0 Å². The lowest BCUT2D eigenvalue weighted by Crippen LogP contribution is -2.22. The average molecular weight is 410 g/mol. The molecular formula is C27H23FN2O. The largest absolute Gasteiger partial charge is 0.348 e. The lowest BCUT2D eigenvalue weighted by molar-refractivity contribution is 0.0951. The van der Waals surface area contributed by atoms with Crippen LogP contribution in [0.3, 0.4) is 0 Å². The zero-order valence-corrected chi connectivity index (χ0v) is 17.1. The molecule has 31 heavy (non-hydrogen) atoms. The molecule has 0 bridgehead atoms. The number of carbonyl (C=O) groups excluding carboxylic acids is 1. The number of fused-ring (bicyclic) bond motifs is 1. The van der Waals surface area contributed by atoms with E-state index in [1.165, 1.54) is 41.6 Å². The Kier molecular flexibility index (Phi) is 5.23. The lowest BCUT2D eigenvalue weighted by Gasteiger charge is -2.11. The number of carbonyl (C=O) groups is 1. The Morgan fingerprint density at radius 1 is 0.871 bits per heavy atom. The topological polar surface area (TPSA) is 32.1 Å². The quantitative estimate of drug-likeness (QED) is 0.432. The fraction of sp³-hybridized carbons (Fsp3) is 0.148. The Bertz CT molecular complexity index is 1230. The fourth-order valence-corrected chi connectivity index (χ4v) is 3.87. The number of rotatable bonds is 6. The van der Waals surface area contributed by atoms with Crippen molar-refractivity contribution in [2.24, 2.45) is 0 Å². The summed E-state index contributed by atoms with van der Waals surface area (Å²) >= 11 is 0. The van der Waals surface area contributed by atoms with Crippen molar-refractivity contribution in [2.45, 2.75) is 13.1 Å². The summed E-state index contributed by atoms with van der Waals surface area (Å²) in [5.41, 5.74) is 4.90. The maximum Gasteiger partial charge on any atom is 0.251 e. The lowest BCUT2D eigenvalue weighted by atomic mass is 10.0. The highest BCUT2D eigenvalue weighted by Gasteiger charge is 2.17. The van der Waals surface area contributed by atoms with Crippen LogP contribution in [0.4, 0.5) is 4.39 Å². The van der Waals surface area contributed by atoms with E-state index in [0.717, 1.165) is 23.2 Å². The van der Waals surface area contributed by atoms with E-state index in [-0.39, 0.29) is 11.7 Å². The number of nitrogens with zero attached hydrogens (tertiary/aromatic N) is 1. The Morgan fingerprint density at radius 3 is 2.29 bits per heavy atom. The molecule has 1 heterocycles. The molecule has 0 spiro atoms. The molecule has 0 radical (unpaired) electrons. The third kappa shape index (κ3) is 4.49. The summed E-state index contributed by atoms with van der Waals surface area (Å²) in [6, 6.07) is 26.5. The van der Waals surface area contributed by atoms with Crippen molar-refractivity contribution in [3.63, 3.8) is 0 Å². The highest BCUT2D eigenvalue weighted by molar-refractivity contribution is 5.95. The first-order valence-corrected chi connectivity index (χ1v) is 10.5. The zero-order valence-electron chi connectivity index (χ0n) is 17.1. The highest BCUT2D eigenvalue weighted by Crippen LogP contribution is 2.23. The van der Waals surface area contributed by atoms with E-state index >= 15 is 0 Å². The summed E-state index contributed by atoms with van der Waals surface area (Å²) in [6.45, 7) is 3.86. The molecule has 0 saturated carbocycles. The van der Waals surface area contributed by atoms with Crippen LogP contribution >= 0.6 is 0 Å². The van der Waals surface area contributed by atoms with E-state index in [9.17, 15) is 9.18 Å². The number of nitrogens with one attached hydrogen (secondary N) is 1. The molecular weight excluding hydrogens is 387 g/mol. The van der Waals surface area contributed by atoms with E-state index in [1.807, 2.05) is 18.2 Å². The molecule has 154 valence electrons. The van der Waals surface area contributed by atoms with Crippen molar-refractivity contribution >= 4 is 16.7 Å². The van der Waals surface area contributed by atoms with E-state index in [2.05, 4.69) is 40.5 Å². The first kappa shape index (κ1) is 19.5.